The Morgan fingerprint density at radius 1 is 1.64 bits per heavy atom. The fraction of sp³-hybridized carbons (Fsp3) is 0.778. The zero-order valence-corrected chi connectivity index (χ0v) is 8.56. The first-order valence-electron chi connectivity index (χ1n) is 5.09. The number of likely N-dealkylation sites (tertiary alicyclic amines) is 1. The second-order valence-corrected chi connectivity index (χ2v) is 3.91. The average molecular weight is 195 g/mol. The van der Waals surface area contributed by atoms with Crippen molar-refractivity contribution in [3.8, 4) is 0 Å². The van der Waals surface area contributed by atoms with E-state index in [1.165, 1.54) is 19.4 Å². The number of hydrogen-bond acceptors (Lipinski definition) is 4. The Kier molecular flexibility index (Phi) is 2.79. The summed E-state index contributed by atoms with van der Waals surface area (Å²) in [5.74, 6) is 0. The van der Waals surface area contributed by atoms with Crippen LogP contribution in [0.5, 0.6) is 0 Å². The second-order valence-electron chi connectivity index (χ2n) is 3.91. The molecule has 0 radical (unpaired) electrons. The molecule has 0 bridgehead atoms. The van der Waals surface area contributed by atoms with Crippen LogP contribution in [-0.4, -0.2) is 39.5 Å². The third-order valence-corrected chi connectivity index (χ3v) is 2.86. The van der Waals surface area contributed by atoms with Crippen molar-refractivity contribution in [2.24, 2.45) is 5.73 Å². The smallest absolute Gasteiger partial charge is 0.0962 e. The number of nitrogens with two attached hydrogens (primary N) is 1. The average Bonchev–Trinajstić information content (AvgIpc) is 2.77. The molecule has 0 aromatic carbocycles. The number of nitrogens with zero attached hydrogens (tertiary/aromatic N) is 4. The van der Waals surface area contributed by atoms with Crippen molar-refractivity contribution in [3.63, 3.8) is 0 Å². The predicted molar refractivity (Wildman–Crippen MR) is 53.6 cm³/mol. The standard InChI is InChI=1S/C9H17N5/c1-13-4-2-3-9(13)7-14-6-8(5-10)11-12-14/h6,9H,2-5,7,10H2,1H3/t9-/m1/s1. The molecule has 1 aromatic heterocycles. The Hall–Kier alpha value is -0.940. The van der Waals surface area contributed by atoms with Crippen molar-refractivity contribution in [1.82, 2.24) is 19.9 Å². The number of likely N-dealkylation sites (N-methyl/N-ethyl adjacent to an activating group) is 1. The van der Waals surface area contributed by atoms with Gasteiger partial charge < -0.3 is 10.6 Å². The van der Waals surface area contributed by atoms with Crippen LogP contribution in [0.2, 0.25) is 0 Å². The van der Waals surface area contributed by atoms with Crippen LogP contribution in [0.15, 0.2) is 6.20 Å². The van der Waals surface area contributed by atoms with Gasteiger partial charge in [0, 0.05) is 18.8 Å². The lowest BCUT2D eigenvalue weighted by Crippen LogP contribution is -2.29. The maximum atomic E-state index is 5.47. The maximum absolute atomic E-state index is 5.47. The van der Waals surface area contributed by atoms with Crippen molar-refractivity contribution in [2.75, 3.05) is 13.6 Å². The van der Waals surface area contributed by atoms with E-state index >= 15 is 0 Å². The summed E-state index contributed by atoms with van der Waals surface area (Å²) in [4.78, 5) is 2.38. The zero-order chi connectivity index (χ0) is 9.97. The van der Waals surface area contributed by atoms with Gasteiger partial charge in [-0.3, -0.25) is 4.68 Å². The van der Waals surface area contributed by atoms with Crippen LogP contribution in [0.4, 0.5) is 0 Å². The van der Waals surface area contributed by atoms with Gasteiger partial charge in [0.25, 0.3) is 0 Å². The fourth-order valence-electron chi connectivity index (χ4n) is 1.95. The first kappa shape index (κ1) is 9.61. The Labute approximate surface area is 83.9 Å². The van der Waals surface area contributed by atoms with E-state index in [1.54, 1.807) is 0 Å². The summed E-state index contributed by atoms with van der Waals surface area (Å²) < 4.78 is 1.90. The van der Waals surface area contributed by atoms with Gasteiger partial charge in [0.1, 0.15) is 0 Å². The molecule has 5 heteroatoms. The lowest BCUT2D eigenvalue weighted by Gasteiger charge is -2.18. The highest BCUT2D eigenvalue weighted by Crippen LogP contribution is 2.15. The van der Waals surface area contributed by atoms with Gasteiger partial charge in [-0.1, -0.05) is 5.21 Å². The Morgan fingerprint density at radius 2 is 2.50 bits per heavy atom. The van der Waals surface area contributed by atoms with E-state index in [2.05, 4.69) is 22.3 Å². The summed E-state index contributed by atoms with van der Waals surface area (Å²) in [5.41, 5.74) is 6.34. The van der Waals surface area contributed by atoms with Gasteiger partial charge >= 0.3 is 0 Å². The highest BCUT2D eigenvalue weighted by Gasteiger charge is 2.21. The molecule has 2 heterocycles. The third-order valence-electron chi connectivity index (χ3n) is 2.86. The lowest BCUT2D eigenvalue weighted by molar-refractivity contribution is 0.272. The van der Waals surface area contributed by atoms with Gasteiger partial charge in [-0.15, -0.1) is 5.10 Å². The van der Waals surface area contributed by atoms with Crippen molar-refractivity contribution in [2.45, 2.75) is 32.0 Å². The molecule has 0 aliphatic carbocycles. The van der Waals surface area contributed by atoms with Crippen LogP contribution < -0.4 is 5.73 Å². The van der Waals surface area contributed by atoms with Gasteiger partial charge in [-0.2, -0.15) is 0 Å². The Balaban J connectivity index is 1.96. The molecule has 0 saturated carbocycles. The summed E-state index contributed by atoms with van der Waals surface area (Å²) >= 11 is 0. The van der Waals surface area contributed by atoms with E-state index in [0.717, 1.165) is 12.2 Å². The number of hydrogen-bond donors (Lipinski definition) is 1. The first-order valence-corrected chi connectivity index (χ1v) is 5.09. The van der Waals surface area contributed by atoms with E-state index in [4.69, 9.17) is 5.73 Å². The van der Waals surface area contributed by atoms with Gasteiger partial charge in [-0.05, 0) is 26.4 Å². The second kappa shape index (κ2) is 4.06. The van der Waals surface area contributed by atoms with Gasteiger partial charge in [0.15, 0.2) is 0 Å². The van der Waals surface area contributed by atoms with Crippen LogP contribution in [0, 0.1) is 0 Å². The van der Waals surface area contributed by atoms with Crippen LogP contribution in [0.3, 0.4) is 0 Å². The van der Waals surface area contributed by atoms with Gasteiger partial charge in [-0.25, -0.2) is 0 Å². The third kappa shape index (κ3) is 1.93. The summed E-state index contributed by atoms with van der Waals surface area (Å²) in [6.07, 6.45) is 4.49. The first-order chi connectivity index (χ1) is 6.79. The Bertz CT molecular complexity index is 295. The van der Waals surface area contributed by atoms with Crippen molar-refractivity contribution >= 4 is 0 Å². The molecule has 1 aliphatic rings. The molecule has 0 unspecified atom stereocenters. The fourth-order valence-corrected chi connectivity index (χ4v) is 1.95. The van der Waals surface area contributed by atoms with Crippen molar-refractivity contribution in [1.29, 1.82) is 0 Å². The summed E-state index contributed by atoms with van der Waals surface area (Å²) in [6, 6.07) is 0.613. The monoisotopic (exact) mass is 195 g/mol. The molecule has 0 amide bonds. The summed E-state index contributed by atoms with van der Waals surface area (Å²) in [6.45, 7) is 2.60. The molecule has 2 rings (SSSR count). The molecule has 0 spiro atoms. The minimum absolute atomic E-state index is 0.473. The zero-order valence-electron chi connectivity index (χ0n) is 8.56. The molecule has 1 atom stereocenters. The number of rotatable bonds is 3. The lowest BCUT2D eigenvalue weighted by atomic mass is 10.2. The molecular formula is C9H17N5. The minimum atomic E-state index is 0.473. The van der Waals surface area contributed by atoms with Crippen molar-refractivity contribution in [3.05, 3.63) is 11.9 Å². The van der Waals surface area contributed by atoms with Gasteiger partial charge in [0.2, 0.25) is 0 Å². The van der Waals surface area contributed by atoms with Gasteiger partial charge in [0.05, 0.1) is 12.2 Å². The summed E-state index contributed by atoms with van der Waals surface area (Å²) in [7, 11) is 2.17. The van der Waals surface area contributed by atoms with E-state index in [0.29, 0.717) is 12.6 Å². The van der Waals surface area contributed by atoms with Crippen LogP contribution in [0.1, 0.15) is 18.5 Å². The molecular weight excluding hydrogens is 178 g/mol. The van der Waals surface area contributed by atoms with E-state index < -0.39 is 0 Å². The quantitative estimate of drug-likeness (QED) is 0.727. The molecule has 14 heavy (non-hydrogen) atoms. The summed E-state index contributed by atoms with van der Waals surface area (Å²) in [5, 5.41) is 8.02. The van der Waals surface area contributed by atoms with E-state index in [1.807, 2.05) is 10.9 Å². The molecule has 2 N–H and O–H groups in total. The molecule has 78 valence electrons. The van der Waals surface area contributed by atoms with E-state index in [9.17, 15) is 0 Å². The van der Waals surface area contributed by atoms with Crippen LogP contribution in [0.25, 0.3) is 0 Å². The molecule has 1 saturated heterocycles. The largest absolute Gasteiger partial charge is 0.325 e. The van der Waals surface area contributed by atoms with Crippen LogP contribution >= 0.6 is 0 Å². The van der Waals surface area contributed by atoms with Crippen LogP contribution in [-0.2, 0) is 13.1 Å². The molecule has 1 aromatic rings. The van der Waals surface area contributed by atoms with E-state index in [-0.39, 0.29) is 0 Å². The van der Waals surface area contributed by atoms with Crippen molar-refractivity contribution < 1.29 is 0 Å². The predicted octanol–water partition coefficient (Wildman–Crippen LogP) is -0.169. The molecule has 1 aliphatic heterocycles. The molecule has 1 fully saturated rings. The highest BCUT2D eigenvalue weighted by atomic mass is 15.4. The molecule has 5 nitrogen and oxygen atoms in total. The minimum Gasteiger partial charge on any atom is -0.325 e. The maximum Gasteiger partial charge on any atom is 0.0962 e. The Morgan fingerprint density at radius 3 is 3.07 bits per heavy atom. The topological polar surface area (TPSA) is 60.0 Å². The highest BCUT2D eigenvalue weighted by molar-refractivity contribution is 4.91. The SMILES string of the molecule is CN1CCC[C@@H]1Cn1cc(CN)nn1. The normalized spacial score (nSPS) is 23.1. The number of aromatic nitrogens is 3.